The summed E-state index contributed by atoms with van der Waals surface area (Å²) in [5, 5.41) is 7.70. The lowest BCUT2D eigenvalue weighted by Gasteiger charge is -2.07. The summed E-state index contributed by atoms with van der Waals surface area (Å²) in [6.07, 6.45) is 3.12. The number of aromatic nitrogens is 3. The average molecular weight is 269 g/mol. The van der Waals surface area contributed by atoms with Gasteiger partial charge in [0.25, 0.3) is 0 Å². The molecular formula is C12H14ClFN4. The molecule has 0 saturated carbocycles. The molecule has 0 bridgehead atoms. The van der Waals surface area contributed by atoms with Crippen molar-refractivity contribution < 1.29 is 4.39 Å². The number of rotatable bonds is 4. The van der Waals surface area contributed by atoms with Gasteiger partial charge in [-0.05, 0) is 19.5 Å². The molecule has 2 heterocycles. The molecule has 2 rings (SSSR count). The number of aryl methyl sites for hydroxylation is 1. The monoisotopic (exact) mass is 268 g/mol. The van der Waals surface area contributed by atoms with Crippen LogP contribution in [-0.4, -0.2) is 21.3 Å². The number of nitrogens with one attached hydrogen (secondary N) is 1. The largest absolute Gasteiger partial charge is 0.313 e. The molecule has 4 nitrogen and oxygen atoms in total. The average Bonchev–Trinajstić information content (AvgIpc) is 2.68. The molecule has 0 radical (unpaired) electrons. The summed E-state index contributed by atoms with van der Waals surface area (Å²) in [6.45, 7) is 4.98. The summed E-state index contributed by atoms with van der Waals surface area (Å²) in [4.78, 5) is 4.01. The second-order valence-electron chi connectivity index (χ2n) is 3.90. The molecule has 0 atom stereocenters. The standard InChI is InChI=1S/C12H14ClFN4/c1-3-15-6-9-4-5-16-12(11(9)14)18-7-10(13)8(2)17-18/h4-5,7,15H,3,6H2,1-2H3. The van der Waals surface area contributed by atoms with Gasteiger partial charge in [-0.15, -0.1) is 0 Å². The fourth-order valence-electron chi connectivity index (χ4n) is 1.57. The van der Waals surface area contributed by atoms with Crippen LogP contribution in [0.1, 0.15) is 18.2 Å². The Kier molecular flexibility index (Phi) is 3.93. The number of hydrogen-bond donors (Lipinski definition) is 1. The van der Waals surface area contributed by atoms with Crippen molar-refractivity contribution in [2.75, 3.05) is 6.54 Å². The van der Waals surface area contributed by atoms with Crippen molar-refractivity contribution in [1.82, 2.24) is 20.1 Å². The second-order valence-corrected chi connectivity index (χ2v) is 4.30. The van der Waals surface area contributed by atoms with E-state index < -0.39 is 0 Å². The van der Waals surface area contributed by atoms with E-state index in [1.807, 2.05) is 6.92 Å². The third kappa shape index (κ3) is 2.52. The molecule has 2 aromatic rings. The topological polar surface area (TPSA) is 42.7 Å². The van der Waals surface area contributed by atoms with Gasteiger partial charge in [-0.1, -0.05) is 18.5 Å². The molecule has 6 heteroatoms. The van der Waals surface area contributed by atoms with Gasteiger partial charge in [0.15, 0.2) is 11.6 Å². The van der Waals surface area contributed by atoms with Gasteiger partial charge in [-0.3, -0.25) is 0 Å². The fraction of sp³-hybridized carbons (Fsp3) is 0.333. The van der Waals surface area contributed by atoms with Crippen molar-refractivity contribution in [2.45, 2.75) is 20.4 Å². The smallest absolute Gasteiger partial charge is 0.190 e. The summed E-state index contributed by atoms with van der Waals surface area (Å²) in [5.41, 5.74) is 1.21. The van der Waals surface area contributed by atoms with Crippen molar-refractivity contribution in [1.29, 1.82) is 0 Å². The summed E-state index contributed by atoms with van der Waals surface area (Å²) in [6, 6.07) is 1.65. The van der Waals surface area contributed by atoms with E-state index in [0.717, 1.165) is 6.54 Å². The normalized spacial score (nSPS) is 10.9. The van der Waals surface area contributed by atoms with Crippen LogP contribution in [0.15, 0.2) is 18.5 Å². The molecule has 0 unspecified atom stereocenters. The molecule has 0 aromatic carbocycles. The van der Waals surface area contributed by atoms with E-state index in [0.29, 0.717) is 22.8 Å². The van der Waals surface area contributed by atoms with Crippen LogP contribution in [0.25, 0.3) is 5.82 Å². The Bertz CT molecular complexity index is 534. The third-order valence-electron chi connectivity index (χ3n) is 2.57. The zero-order valence-electron chi connectivity index (χ0n) is 10.2. The molecule has 0 aliphatic rings. The maximum absolute atomic E-state index is 14.2. The van der Waals surface area contributed by atoms with Gasteiger partial charge in [-0.25, -0.2) is 14.1 Å². The van der Waals surface area contributed by atoms with E-state index in [4.69, 9.17) is 11.6 Å². The minimum atomic E-state index is -0.377. The summed E-state index contributed by atoms with van der Waals surface area (Å²) >= 11 is 5.91. The van der Waals surface area contributed by atoms with Crippen molar-refractivity contribution in [2.24, 2.45) is 0 Å². The van der Waals surface area contributed by atoms with Crippen LogP contribution in [0.4, 0.5) is 4.39 Å². The first-order chi connectivity index (χ1) is 8.63. The fourth-order valence-corrected chi connectivity index (χ4v) is 1.70. The summed E-state index contributed by atoms with van der Waals surface area (Å²) in [7, 11) is 0. The van der Waals surface area contributed by atoms with E-state index in [2.05, 4.69) is 15.4 Å². The van der Waals surface area contributed by atoms with Gasteiger partial charge in [0.1, 0.15) is 0 Å². The van der Waals surface area contributed by atoms with Gasteiger partial charge >= 0.3 is 0 Å². The quantitative estimate of drug-likeness (QED) is 0.926. The van der Waals surface area contributed by atoms with Gasteiger partial charge in [-0.2, -0.15) is 5.10 Å². The Balaban J connectivity index is 2.39. The van der Waals surface area contributed by atoms with Crippen molar-refractivity contribution >= 4 is 11.6 Å². The molecule has 0 amide bonds. The van der Waals surface area contributed by atoms with Crippen LogP contribution < -0.4 is 5.32 Å². The second kappa shape index (κ2) is 5.46. The first-order valence-corrected chi connectivity index (χ1v) is 6.07. The number of halogens is 2. The molecular weight excluding hydrogens is 255 g/mol. The molecule has 0 saturated heterocycles. The number of nitrogens with zero attached hydrogens (tertiary/aromatic N) is 3. The third-order valence-corrected chi connectivity index (χ3v) is 2.94. The lowest BCUT2D eigenvalue weighted by molar-refractivity contribution is 0.571. The Morgan fingerprint density at radius 1 is 1.50 bits per heavy atom. The van der Waals surface area contributed by atoms with Crippen molar-refractivity contribution in [3.8, 4) is 5.82 Å². The first-order valence-electron chi connectivity index (χ1n) is 5.69. The van der Waals surface area contributed by atoms with Crippen molar-refractivity contribution in [3.63, 3.8) is 0 Å². The van der Waals surface area contributed by atoms with Crippen LogP contribution in [0.3, 0.4) is 0 Å². The molecule has 0 aliphatic heterocycles. The van der Waals surface area contributed by atoms with Crippen LogP contribution in [0, 0.1) is 12.7 Å². The molecule has 18 heavy (non-hydrogen) atoms. The van der Waals surface area contributed by atoms with Gasteiger partial charge in [0, 0.05) is 18.3 Å². The number of hydrogen-bond acceptors (Lipinski definition) is 3. The summed E-state index contributed by atoms with van der Waals surface area (Å²) < 4.78 is 15.6. The zero-order valence-corrected chi connectivity index (χ0v) is 11.0. The predicted molar refractivity (Wildman–Crippen MR) is 68.4 cm³/mol. The van der Waals surface area contributed by atoms with Crippen molar-refractivity contribution in [3.05, 3.63) is 40.6 Å². The number of pyridine rings is 1. The molecule has 0 fully saturated rings. The summed E-state index contributed by atoms with van der Waals surface area (Å²) in [5.74, 6) is -0.210. The van der Waals surface area contributed by atoms with Gasteiger partial charge in [0.2, 0.25) is 0 Å². The molecule has 2 aromatic heterocycles. The van der Waals surface area contributed by atoms with Gasteiger partial charge < -0.3 is 5.32 Å². The van der Waals surface area contributed by atoms with Crippen LogP contribution in [0.2, 0.25) is 5.02 Å². The van der Waals surface area contributed by atoms with Crippen LogP contribution in [0.5, 0.6) is 0 Å². The Hall–Kier alpha value is -1.46. The molecule has 1 N–H and O–H groups in total. The molecule has 0 aliphatic carbocycles. The van der Waals surface area contributed by atoms with E-state index in [9.17, 15) is 4.39 Å². The highest BCUT2D eigenvalue weighted by molar-refractivity contribution is 6.31. The molecule has 0 spiro atoms. The van der Waals surface area contributed by atoms with E-state index in [1.54, 1.807) is 25.4 Å². The molecule has 96 valence electrons. The zero-order chi connectivity index (χ0) is 13.1. The highest BCUT2D eigenvalue weighted by Gasteiger charge is 2.13. The Morgan fingerprint density at radius 3 is 2.89 bits per heavy atom. The maximum Gasteiger partial charge on any atom is 0.190 e. The lowest BCUT2D eigenvalue weighted by Crippen LogP contribution is -2.14. The van der Waals surface area contributed by atoms with Gasteiger partial charge in [0.05, 0.1) is 16.9 Å². The van der Waals surface area contributed by atoms with E-state index in [1.165, 1.54) is 4.68 Å². The maximum atomic E-state index is 14.2. The Morgan fingerprint density at radius 2 is 2.28 bits per heavy atom. The van der Waals surface area contributed by atoms with Crippen LogP contribution in [-0.2, 0) is 6.54 Å². The van der Waals surface area contributed by atoms with E-state index in [-0.39, 0.29) is 11.6 Å². The highest BCUT2D eigenvalue weighted by atomic mass is 35.5. The lowest BCUT2D eigenvalue weighted by atomic mass is 10.2. The predicted octanol–water partition coefficient (Wildman–Crippen LogP) is 2.48. The minimum absolute atomic E-state index is 0.167. The highest BCUT2D eigenvalue weighted by Crippen LogP contribution is 2.18. The SMILES string of the molecule is CCNCc1ccnc(-n2cc(Cl)c(C)n2)c1F. The van der Waals surface area contributed by atoms with E-state index >= 15 is 0 Å². The Labute approximate surface area is 110 Å². The minimum Gasteiger partial charge on any atom is -0.313 e. The first kappa shape index (κ1) is 13.0. The van der Waals surface area contributed by atoms with Crippen LogP contribution >= 0.6 is 11.6 Å².